The normalized spacial score (nSPS) is 12.1. The molecule has 2 aromatic rings. The summed E-state index contributed by atoms with van der Waals surface area (Å²) < 4.78 is 13.5. The maximum Gasteiger partial charge on any atom is 0.253 e. The molecule has 0 atom stereocenters. The Bertz CT molecular complexity index is 1070. The van der Waals surface area contributed by atoms with Crippen molar-refractivity contribution in [2.45, 2.75) is 6.92 Å². The molecule has 6 N–H and O–H groups in total. The number of nitrogens with one attached hydrogen (secondary N) is 4. The number of nitrogens with zero attached hydrogens (tertiary/aromatic N) is 2. The maximum atomic E-state index is 13.3. The molecule has 0 saturated heterocycles. The maximum absolute atomic E-state index is 13.3. The molecule has 0 fully saturated rings. The van der Waals surface area contributed by atoms with Crippen LogP contribution in [0.4, 0.5) is 21.5 Å². The number of halogens is 2. The van der Waals surface area contributed by atoms with Crippen LogP contribution in [0.25, 0.3) is 0 Å². The minimum atomic E-state index is -0.604. The topological polar surface area (TPSA) is 159 Å². The van der Waals surface area contributed by atoms with Crippen LogP contribution in [0.1, 0.15) is 6.92 Å². The molecular formula is C17H18BrFN6O4S. The molecule has 0 radical (unpaired) electrons. The van der Waals surface area contributed by atoms with Gasteiger partial charge in [-0.1, -0.05) is 5.16 Å². The monoisotopic (exact) mass is 500 g/mol. The van der Waals surface area contributed by atoms with E-state index in [4.69, 9.17) is 5.41 Å². The average molecular weight is 501 g/mol. The molecule has 13 heteroatoms. The van der Waals surface area contributed by atoms with Crippen molar-refractivity contribution >= 4 is 61.3 Å². The highest BCUT2D eigenvalue weighted by atomic mass is 79.9. The van der Waals surface area contributed by atoms with Crippen molar-refractivity contribution in [1.82, 2.24) is 5.48 Å². The Morgan fingerprint density at radius 1 is 1.27 bits per heavy atom. The van der Waals surface area contributed by atoms with Gasteiger partial charge in [-0.3, -0.25) is 25.7 Å². The minimum Gasteiger partial charge on any atom is -0.410 e. The van der Waals surface area contributed by atoms with Crippen LogP contribution in [0.2, 0.25) is 0 Å². The van der Waals surface area contributed by atoms with Crippen LogP contribution in [0.5, 0.6) is 0 Å². The highest BCUT2D eigenvalue weighted by Crippen LogP contribution is 2.22. The molecule has 2 rings (SSSR count). The van der Waals surface area contributed by atoms with E-state index in [1.807, 2.05) is 0 Å². The quantitative estimate of drug-likeness (QED) is 0.0763. The number of benzene rings is 1. The number of aliphatic imine (C=N–C) groups is 1. The largest absolute Gasteiger partial charge is 0.410 e. The third-order valence-corrected chi connectivity index (χ3v) is 5.20. The average Bonchev–Trinajstić information content (AvgIpc) is 2.74. The van der Waals surface area contributed by atoms with Gasteiger partial charge in [0.25, 0.3) is 10.9 Å². The van der Waals surface area contributed by atoms with E-state index in [1.165, 1.54) is 12.1 Å². The summed E-state index contributed by atoms with van der Waals surface area (Å²) in [5.41, 5.74) is 0.911. The summed E-state index contributed by atoms with van der Waals surface area (Å²) in [5.74, 6) is -0.542. The summed E-state index contributed by atoms with van der Waals surface area (Å²) in [5, 5.41) is 35.0. The van der Waals surface area contributed by atoms with Crippen LogP contribution >= 0.6 is 27.7 Å². The van der Waals surface area contributed by atoms with Gasteiger partial charge in [-0.25, -0.2) is 9.38 Å². The van der Waals surface area contributed by atoms with Gasteiger partial charge in [0.2, 0.25) is 0 Å². The number of hydroxylamine groups is 1. The predicted molar refractivity (Wildman–Crippen MR) is 120 cm³/mol. The van der Waals surface area contributed by atoms with Crippen molar-refractivity contribution < 1.29 is 14.8 Å². The van der Waals surface area contributed by atoms with Crippen LogP contribution in [0.3, 0.4) is 0 Å². The van der Waals surface area contributed by atoms with Gasteiger partial charge in [0, 0.05) is 18.8 Å². The van der Waals surface area contributed by atoms with Crippen LogP contribution < -0.4 is 27.0 Å². The summed E-state index contributed by atoms with van der Waals surface area (Å²) in [7, 11) is 0. The molecular weight excluding hydrogens is 483 g/mol. The second kappa shape index (κ2) is 10.8. The number of rotatable bonds is 9. The molecule has 0 heterocycles. The second-order valence-corrected chi connectivity index (χ2v) is 7.62. The number of hydrogen-bond acceptors (Lipinski definition) is 10. The number of oxime groups is 1. The molecule has 0 aliphatic rings. The molecule has 0 spiro atoms. The van der Waals surface area contributed by atoms with Crippen molar-refractivity contribution in [3.05, 3.63) is 48.9 Å². The lowest BCUT2D eigenvalue weighted by Gasteiger charge is -2.14. The van der Waals surface area contributed by atoms with E-state index in [1.54, 1.807) is 12.4 Å². The van der Waals surface area contributed by atoms with Gasteiger partial charge in [0.1, 0.15) is 22.2 Å². The zero-order valence-corrected chi connectivity index (χ0v) is 18.0. The Balaban J connectivity index is 1.99. The van der Waals surface area contributed by atoms with Crippen molar-refractivity contribution in [2.24, 2.45) is 10.1 Å². The summed E-state index contributed by atoms with van der Waals surface area (Å²) in [6.07, 6.45) is 0. The zero-order valence-electron chi connectivity index (χ0n) is 15.6. The third-order valence-electron chi connectivity index (χ3n) is 3.70. The number of amidine groups is 1. The van der Waals surface area contributed by atoms with Gasteiger partial charge < -0.3 is 15.8 Å². The standard InChI is InChI=1S/C17H18BrFN6O4S/c1-2-21-11-12(15(27)14(11)26)22-5-6-30-16(20)13(24-28)17(25-29)23-8-3-4-10(19)9(18)7-8/h3-4,7,20-22,28-29H,2,5-6H2,1H3,(H,23,25)/b20-16?,24-13+. The Labute approximate surface area is 182 Å². The van der Waals surface area contributed by atoms with E-state index in [2.05, 4.69) is 36.7 Å². The van der Waals surface area contributed by atoms with Crippen molar-refractivity contribution in [3.8, 4) is 0 Å². The summed E-state index contributed by atoms with van der Waals surface area (Å²) in [4.78, 5) is 27.1. The fraction of sp³-hybridized carbons (Fsp3) is 0.235. The molecule has 0 aliphatic heterocycles. The van der Waals surface area contributed by atoms with Gasteiger partial charge in [-0.05, 0) is 41.1 Å². The smallest absolute Gasteiger partial charge is 0.253 e. The lowest BCUT2D eigenvalue weighted by Crippen LogP contribution is -2.38. The Morgan fingerprint density at radius 2 is 1.93 bits per heavy atom. The Hall–Kier alpha value is -2.77. The van der Waals surface area contributed by atoms with Crippen LogP contribution in [-0.4, -0.2) is 45.8 Å². The zero-order chi connectivity index (χ0) is 22.3. The SMILES string of the molecule is CCNc1c(NCCSC(=N)/C(=N\O)C(=Nc2ccc(F)c(Br)c2)NO)c(=O)c1=O. The third kappa shape index (κ3) is 5.43. The molecule has 0 unspecified atom stereocenters. The molecule has 0 aromatic heterocycles. The first-order chi connectivity index (χ1) is 14.3. The van der Waals surface area contributed by atoms with E-state index in [-0.39, 0.29) is 50.4 Å². The summed E-state index contributed by atoms with van der Waals surface area (Å²) >= 11 is 3.97. The van der Waals surface area contributed by atoms with Gasteiger partial charge in [-0.15, -0.1) is 11.8 Å². The van der Waals surface area contributed by atoms with E-state index >= 15 is 0 Å². The fourth-order valence-electron chi connectivity index (χ4n) is 2.32. The van der Waals surface area contributed by atoms with E-state index in [9.17, 15) is 24.4 Å². The number of hydrogen-bond donors (Lipinski definition) is 6. The number of thioether (sulfide) groups is 1. The molecule has 2 aromatic carbocycles. The lowest BCUT2D eigenvalue weighted by molar-refractivity contribution is 0.236. The van der Waals surface area contributed by atoms with Crippen LogP contribution in [-0.2, 0) is 0 Å². The van der Waals surface area contributed by atoms with Crippen molar-refractivity contribution in [3.63, 3.8) is 0 Å². The highest BCUT2D eigenvalue weighted by Gasteiger charge is 2.20. The molecule has 160 valence electrons. The van der Waals surface area contributed by atoms with E-state index in [0.717, 1.165) is 17.8 Å². The predicted octanol–water partition coefficient (Wildman–Crippen LogP) is 2.28. The van der Waals surface area contributed by atoms with Gasteiger partial charge >= 0.3 is 0 Å². The number of anilines is 2. The second-order valence-electron chi connectivity index (χ2n) is 5.66. The minimum absolute atomic E-state index is 0.148. The first kappa shape index (κ1) is 23.5. The van der Waals surface area contributed by atoms with Crippen molar-refractivity contribution in [1.29, 1.82) is 5.41 Å². The molecule has 30 heavy (non-hydrogen) atoms. The van der Waals surface area contributed by atoms with Crippen LogP contribution in [0, 0.1) is 11.2 Å². The summed E-state index contributed by atoms with van der Waals surface area (Å²) in [6.45, 7) is 2.54. The molecule has 10 nitrogen and oxygen atoms in total. The van der Waals surface area contributed by atoms with E-state index in [0.29, 0.717) is 6.54 Å². The molecule has 0 bridgehead atoms. The molecule has 0 amide bonds. The van der Waals surface area contributed by atoms with E-state index < -0.39 is 16.7 Å². The lowest BCUT2D eigenvalue weighted by atomic mass is 10.2. The Kier molecular flexibility index (Phi) is 8.50. The first-order valence-electron chi connectivity index (χ1n) is 8.53. The van der Waals surface area contributed by atoms with Gasteiger partial charge in [-0.2, -0.15) is 0 Å². The first-order valence-corrected chi connectivity index (χ1v) is 10.3. The van der Waals surface area contributed by atoms with Crippen LogP contribution in [0.15, 0.2) is 42.4 Å². The van der Waals surface area contributed by atoms with Gasteiger partial charge in [0.05, 0.1) is 10.2 Å². The Morgan fingerprint density at radius 3 is 2.50 bits per heavy atom. The summed E-state index contributed by atoms with van der Waals surface area (Å²) in [6, 6.07) is 3.83. The van der Waals surface area contributed by atoms with Crippen molar-refractivity contribution in [2.75, 3.05) is 29.5 Å². The molecule has 0 saturated carbocycles. The molecule has 0 aliphatic carbocycles. The fourth-order valence-corrected chi connectivity index (χ4v) is 3.37. The highest BCUT2D eigenvalue weighted by molar-refractivity contribution is 9.10. The van der Waals surface area contributed by atoms with Gasteiger partial charge in [0.15, 0.2) is 11.5 Å².